The van der Waals surface area contributed by atoms with Crippen LogP contribution in [-0.2, 0) is 4.79 Å². The average Bonchev–Trinajstić information content (AvgIpc) is 3.36. The molecule has 2 aliphatic rings. The minimum Gasteiger partial charge on any atom is -0.382 e. The van der Waals surface area contributed by atoms with Crippen molar-refractivity contribution in [3.8, 4) is 22.5 Å². The van der Waals surface area contributed by atoms with Crippen LogP contribution in [0.4, 0.5) is 19.0 Å². The summed E-state index contributed by atoms with van der Waals surface area (Å²) in [5.41, 5.74) is 11.5. The van der Waals surface area contributed by atoms with E-state index in [-0.39, 0.29) is 25.0 Å². The minimum atomic E-state index is -4.83. The van der Waals surface area contributed by atoms with Crippen LogP contribution in [-0.4, -0.2) is 73.5 Å². The van der Waals surface area contributed by atoms with E-state index in [1.807, 2.05) is 65.2 Å². The molecule has 1 aliphatic carbocycles. The van der Waals surface area contributed by atoms with Gasteiger partial charge in [-0.15, -0.1) is 0 Å². The summed E-state index contributed by atoms with van der Waals surface area (Å²) < 4.78 is 40.5. The molecule has 3 aromatic heterocycles. The number of hydrogen-bond acceptors (Lipinski definition) is 6. The van der Waals surface area contributed by atoms with Crippen molar-refractivity contribution in [3.05, 3.63) is 78.9 Å². The molecule has 2 aromatic carbocycles. The smallest absolute Gasteiger partial charge is 0.382 e. The third-order valence-electron chi connectivity index (χ3n) is 8.48. The van der Waals surface area contributed by atoms with Gasteiger partial charge in [-0.05, 0) is 25.0 Å². The third-order valence-corrected chi connectivity index (χ3v) is 8.48. The Labute approximate surface area is 239 Å². The highest BCUT2D eigenvalue weighted by molar-refractivity contribution is 5.91. The molecule has 4 heterocycles. The lowest BCUT2D eigenvalue weighted by Gasteiger charge is -2.46. The number of pyridine rings is 1. The fourth-order valence-corrected chi connectivity index (χ4v) is 6.18. The summed E-state index contributed by atoms with van der Waals surface area (Å²) in [6.45, 7) is 1.03. The number of nitrogen functional groups attached to an aromatic ring is 1. The van der Waals surface area contributed by atoms with Crippen LogP contribution in [0.3, 0.4) is 0 Å². The molecule has 0 spiro atoms. The Bertz CT molecular complexity index is 1790. The van der Waals surface area contributed by atoms with Crippen LogP contribution in [0.5, 0.6) is 0 Å². The second-order valence-corrected chi connectivity index (χ2v) is 11.0. The molecule has 1 amide bonds. The SMILES string of the molecule is Nc1nccn2c1c(-c1ccc3ccc(-c4ccccc4)nc3c1)nc2[C@H]1C[C@@H](N2CCN(C(=O)C(F)(F)F)CC2)C1. The van der Waals surface area contributed by atoms with Gasteiger partial charge in [-0.2, -0.15) is 13.2 Å². The zero-order valence-electron chi connectivity index (χ0n) is 22.6. The molecule has 1 saturated carbocycles. The largest absolute Gasteiger partial charge is 0.471 e. The van der Waals surface area contributed by atoms with Gasteiger partial charge in [-0.25, -0.2) is 15.0 Å². The molecule has 0 bridgehead atoms. The lowest BCUT2D eigenvalue weighted by Crippen LogP contribution is -2.56. The molecule has 0 atom stereocenters. The van der Waals surface area contributed by atoms with Gasteiger partial charge in [0.05, 0.1) is 11.2 Å². The lowest BCUT2D eigenvalue weighted by atomic mass is 9.78. The van der Waals surface area contributed by atoms with Crippen molar-refractivity contribution < 1.29 is 18.0 Å². The molecule has 7 rings (SSSR count). The summed E-state index contributed by atoms with van der Waals surface area (Å²) in [7, 11) is 0. The highest BCUT2D eigenvalue weighted by atomic mass is 19.4. The third kappa shape index (κ3) is 4.63. The van der Waals surface area contributed by atoms with Gasteiger partial charge < -0.3 is 10.6 Å². The first-order chi connectivity index (χ1) is 20.3. The van der Waals surface area contributed by atoms with E-state index >= 15 is 0 Å². The van der Waals surface area contributed by atoms with Crippen LogP contribution in [0.1, 0.15) is 24.6 Å². The fourth-order valence-electron chi connectivity index (χ4n) is 6.18. The summed E-state index contributed by atoms with van der Waals surface area (Å²) in [5, 5.41) is 1.02. The second kappa shape index (κ2) is 10.1. The first kappa shape index (κ1) is 26.4. The van der Waals surface area contributed by atoms with E-state index < -0.39 is 12.1 Å². The van der Waals surface area contributed by atoms with Crippen molar-refractivity contribution in [2.24, 2.45) is 0 Å². The van der Waals surface area contributed by atoms with E-state index in [9.17, 15) is 18.0 Å². The normalized spacial score (nSPS) is 19.7. The van der Waals surface area contributed by atoms with Gasteiger partial charge in [0.1, 0.15) is 22.9 Å². The van der Waals surface area contributed by atoms with Crippen molar-refractivity contribution in [1.82, 2.24) is 29.2 Å². The molecule has 5 aromatic rings. The molecule has 2 N–H and O–H groups in total. The van der Waals surface area contributed by atoms with E-state index in [0.717, 1.165) is 62.5 Å². The number of hydrogen-bond donors (Lipinski definition) is 1. The number of aromatic nitrogens is 4. The Morgan fingerprint density at radius 3 is 2.38 bits per heavy atom. The second-order valence-electron chi connectivity index (χ2n) is 11.0. The van der Waals surface area contributed by atoms with Crippen LogP contribution in [0.2, 0.25) is 0 Å². The zero-order valence-corrected chi connectivity index (χ0v) is 22.6. The van der Waals surface area contributed by atoms with Gasteiger partial charge >= 0.3 is 12.1 Å². The Kier molecular flexibility index (Phi) is 6.34. The number of amides is 1. The lowest BCUT2D eigenvalue weighted by molar-refractivity contribution is -0.187. The highest BCUT2D eigenvalue weighted by Gasteiger charge is 2.45. The molecule has 0 radical (unpaired) electrons. The number of imidazole rings is 1. The molecule has 1 saturated heterocycles. The van der Waals surface area contributed by atoms with Crippen molar-refractivity contribution in [1.29, 1.82) is 0 Å². The number of anilines is 1. The maximum absolute atomic E-state index is 12.8. The number of piperazine rings is 1. The molecular weight excluding hydrogens is 543 g/mol. The predicted octanol–water partition coefficient (Wildman–Crippen LogP) is 5.15. The summed E-state index contributed by atoms with van der Waals surface area (Å²) in [5.74, 6) is -0.312. The Morgan fingerprint density at radius 2 is 1.64 bits per heavy atom. The molecule has 42 heavy (non-hydrogen) atoms. The monoisotopic (exact) mass is 571 g/mol. The molecular formula is C31H28F3N7O. The van der Waals surface area contributed by atoms with Crippen LogP contribution >= 0.6 is 0 Å². The number of alkyl halides is 3. The number of nitrogens with two attached hydrogens (primary N) is 1. The predicted molar refractivity (Wildman–Crippen MR) is 154 cm³/mol. The summed E-state index contributed by atoms with van der Waals surface area (Å²) >= 11 is 0. The standard InChI is InChI=1S/C31H28F3N7O/c32-31(33,34)30(42)40-14-12-39(13-15-40)23-16-22(17-23)29-38-26(27-28(35)36-10-11-41(27)29)21-7-6-20-8-9-24(37-25(20)18-21)19-4-2-1-3-5-19/h1-11,18,22-23H,12-17H2,(H2,35,36)/t22-,23+. The number of carbonyl (C=O) groups excluding carboxylic acids is 1. The number of halogens is 3. The van der Waals surface area contributed by atoms with Crippen LogP contribution in [0.15, 0.2) is 73.1 Å². The molecule has 2 fully saturated rings. The van der Waals surface area contributed by atoms with Gasteiger partial charge in [0.25, 0.3) is 0 Å². The molecule has 8 nitrogen and oxygen atoms in total. The summed E-state index contributed by atoms with van der Waals surface area (Å²) in [6, 6.07) is 20.4. The van der Waals surface area contributed by atoms with Crippen LogP contribution in [0, 0.1) is 0 Å². The number of carbonyl (C=O) groups is 1. The summed E-state index contributed by atoms with van der Waals surface area (Å²) in [4.78, 5) is 29.0. The molecule has 214 valence electrons. The Hall–Kier alpha value is -4.51. The van der Waals surface area contributed by atoms with Crippen molar-refractivity contribution >= 4 is 28.1 Å². The zero-order chi connectivity index (χ0) is 29.0. The maximum atomic E-state index is 12.8. The van der Waals surface area contributed by atoms with E-state index in [1.165, 1.54) is 0 Å². The van der Waals surface area contributed by atoms with Gasteiger partial charge in [0.2, 0.25) is 0 Å². The molecule has 0 unspecified atom stereocenters. The minimum absolute atomic E-state index is 0.0835. The van der Waals surface area contributed by atoms with E-state index in [2.05, 4.69) is 16.0 Å². The van der Waals surface area contributed by atoms with E-state index in [4.69, 9.17) is 15.7 Å². The number of nitrogens with zero attached hydrogens (tertiary/aromatic N) is 6. The maximum Gasteiger partial charge on any atom is 0.471 e. The molecule has 1 aliphatic heterocycles. The van der Waals surface area contributed by atoms with Crippen molar-refractivity contribution in [2.75, 3.05) is 31.9 Å². The van der Waals surface area contributed by atoms with Crippen LogP contribution < -0.4 is 5.73 Å². The average molecular weight is 572 g/mol. The number of benzene rings is 2. The Balaban J connectivity index is 1.14. The Morgan fingerprint density at radius 1 is 0.905 bits per heavy atom. The van der Waals surface area contributed by atoms with Crippen LogP contribution in [0.25, 0.3) is 38.9 Å². The highest BCUT2D eigenvalue weighted by Crippen LogP contribution is 2.42. The topological polar surface area (TPSA) is 92.6 Å². The number of fused-ring (bicyclic) bond motifs is 2. The first-order valence-corrected chi connectivity index (χ1v) is 14.0. The van der Waals surface area contributed by atoms with Gasteiger partial charge in [-0.1, -0.05) is 48.5 Å². The fraction of sp³-hybridized carbons (Fsp3) is 0.290. The van der Waals surface area contributed by atoms with E-state index in [0.29, 0.717) is 18.9 Å². The van der Waals surface area contributed by atoms with E-state index in [1.54, 1.807) is 6.20 Å². The first-order valence-electron chi connectivity index (χ1n) is 14.0. The molecule has 11 heteroatoms. The van der Waals surface area contributed by atoms with Gasteiger partial charge in [0, 0.05) is 67.0 Å². The van der Waals surface area contributed by atoms with Crippen molar-refractivity contribution in [2.45, 2.75) is 31.0 Å². The van der Waals surface area contributed by atoms with Gasteiger partial charge in [-0.3, -0.25) is 14.1 Å². The van der Waals surface area contributed by atoms with Crippen molar-refractivity contribution in [3.63, 3.8) is 0 Å². The summed E-state index contributed by atoms with van der Waals surface area (Å²) in [6.07, 6.45) is 0.365. The number of rotatable bonds is 4. The quantitative estimate of drug-likeness (QED) is 0.321. The van der Waals surface area contributed by atoms with Gasteiger partial charge in [0.15, 0.2) is 0 Å².